The zero-order chi connectivity index (χ0) is 9.88. The molecule has 2 aliphatic heterocycles. The number of hydrogen-bond donors (Lipinski definition) is 0. The summed E-state index contributed by atoms with van der Waals surface area (Å²) >= 11 is 0. The molecule has 1 fully saturated rings. The highest BCUT2D eigenvalue weighted by Crippen LogP contribution is 2.58. The molecule has 0 unspecified atom stereocenters. The van der Waals surface area contributed by atoms with Crippen LogP contribution in [0.2, 0.25) is 0 Å². The molecule has 0 N–H and O–H groups in total. The lowest BCUT2D eigenvalue weighted by atomic mass is 9.68. The first-order chi connectivity index (χ1) is 7.40. The molecule has 15 heavy (non-hydrogen) atoms. The van der Waals surface area contributed by atoms with E-state index in [2.05, 4.69) is 36.4 Å². The highest BCUT2D eigenvalue weighted by Gasteiger charge is 2.52. The second-order valence-corrected chi connectivity index (χ2v) is 4.91. The van der Waals surface area contributed by atoms with Crippen LogP contribution in [-0.4, -0.2) is 0 Å². The molecule has 2 heterocycles. The molecule has 0 saturated heterocycles. The predicted octanol–water partition coefficient (Wildman–Crippen LogP) is 3.32. The van der Waals surface area contributed by atoms with Crippen LogP contribution in [-0.2, 0) is 10.3 Å². The van der Waals surface area contributed by atoms with Gasteiger partial charge in [0, 0.05) is 0 Å². The zero-order valence-corrected chi connectivity index (χ0v) is 8.65. The third-order valence-corrected chi connectivity index (χ3v) is 4.24. The molecule has 1 aliphatic carbocycles. The van der Waals surface area contributed by atoms with E-state index in [-0.39, 0.29) is 11.7 Å². The first-order valence-electron chi connectivity index (χ1n) is 5.87. The van der Waals surface area contributed by atoms with Gasteiger partial charge in [-0.15, -0.1) is 0 Å². The minimum absolute atomic E-state index is 0.0422. The maximum absolute atomic E-state index is 6.22. The van der Waals surface area contributed by atoms with Crippen molar-refractivity contribution in [1.82, 2.24) is 0 Å². The molecule has 1 heteroatoms. The van der Waals surface area contributed by atoms with Gasteiger partial charge in [-0.1, -0.05) is 36.8 Å². The van der Waals surface area contributed by atoms with Crippen LogP contribution in [0.1, 0.15) is 36.5 Å². The Hall–Kier alpha value is -1.08. The summed E-state index contributed by atoms with van der Waals surface area (Å²) in [5.74, 6) is 0.724. The molecule has 0 radical (unpaired) electrons. The molecule has 1 saturated carbocycles. The normalized spacial score (nSPS) is 36.7. The van der Waals surface area contributed by atoms with Gasteiger partial charge in [0.25, 0.3) is 0 Å². The van der Waals surface area contributed by atoms with E-state index in [9.17, 15) is 0 Å². The summed E-state index contributed by atoms with van der Waals surface area (Å²) in [6, 6.07) is 8.71. The molecule has 0 spiro atoms. The lowest BCUT2D eigenvalue weighted by molar-refractivity contribution is -0.0687. The van der Waals surface area contributed by atoms with E-state index in [1.807, 2.05) is 0 Å². The molecule has 3 aliphatic rings. The Kier molecular flexibility index (Phi) is 1.37. The van der Waals surface area contributed by atoms with Crippen molar-refractivity contribution in [3.05, 3.63) is 47.5 Å². The van der Waals surface area contributed by atoms with Crippen LogP contribution in [0, 0.1) is 5.92 Å². The third-order valence-electron chi connectivity index (χ3n) is 4.24. The Balaban J connectivity index is 1.91. The van der Waals surface area contributed by atoms with E-state index in [1.165, 1.54) is 30.4 Å². The van der Waals surface area contributed by atoms with Crippen LogP contribution in [0.3, 0.4) is 0 Å². The monoisotopic (exact) mass is 198 g/mol. The van der Waals surface area contributed by atoms with E-state index in [4.69, 9.17) is 4.74 Å². The lowest BCUT2D eigenvalue weighted by Crippen LogP contribution is -2.36. The Labute approximate surface area is 89.8 Å². The van der Waals surface area contributed by atoms with Gasteiger partial charge < -0.3 is 4.74 Å². The Morgan fingerprint density at radius 2 is 2.07 bits per heavy atom. The number of fused-ring (bicyclic) bond motifs is 5. The summed E-state index contributed by atoms with van der Waals surface area (Å²) in [4.78, 5) is 0. The number of rotatable bonds is 1. The molecule has 2 bridgehead atoms. The maximum Gasteiger partial charge on any atom is 0.116 e. The van der Waals surface area contributed by atoms with E-state index in [0.29, 0.717) is 0 Å². The molecule has 1 nitrogen and oxygen atoms in total. The standard InChI is InChI=1S/C14H14O/c1-2-7-12-11(6-1)13-8-9-14(12,15-13)10-4-3-5-10/h1-2,6-10,13H,3-5H2/t13-,14-/m0/s1. The molecule has 0 amide bonds. The highest BCUT2D eigenvalue weighted by atomic mass is 16.5. The molecule has 1 aromatic rings. The average molecular weight is 198 g/mol. The van der Waals surface area contributed by atoms with Gasteiger partial charge in [0.2, 0.25) is 0 Å². The molecule has 2 atom stereocenters. The molecule has 1 aromatic carbocycles. The van der Waals surface area contributed by atoms with Crippen molar-refractivity contribution in [3.63, 3.8) is 0 Å². The van der Waals surface area contributed by atoms with Crippen molar-refractivity contribution in [2.24, 2.45) is 5.92 Å². The van der Waals surface area contributed by atoms with E-state index >= 15 is 0 Å². The van der Waals surface area contributed by atoms with Crippen LogP contribution >= 0.6 is 0 Å². The third kappa shape index (κ3) is 0.836. The van der Waals surface area contributed by atoms with Crippen molar-refractivity contribution in [2.75, 3.05) is 0 Å². The summed E-state index contributed by atoms with van der Waals surface area (Å²) in [6.45, 7) is 0. The second kappa shape index (κ2) is 2.53. The average Bonchev–Trinajstić information content (AvgIpc) is 2.72. The van der Waals surface area contributed by atoms with Gasteiger partial charge in [-0.25, -0.2) is 0 Å². The van der Waals surface area contributed by atoms with Gasteiger partial charge in [0.05, 0.1) is 0 Å². The summed E-state index contributed by atoms with van der Waals surface area (Å²) in [6.07, 6.45) is 8.80. The van der Waals surface area contributed by atoms with E-state index in [1.54, 1.807) is 0 Å². The van der Waals surface area contributed by atoms with Gasteiger partial charge in [0.1, 0.15) is 11.7 Å². The Morgan fingerprint density at radius 1 is 1.20 bits per heavy atom. The van der Waals surface area contributed by atoms with Crippen LogP contribution in [0.25, 0.3) is 0 Å². The predicted molar refractivity (Wildman–Crippen MR) is 58.4 cm³/mol. The fraction of sp³-hybridized carbons (Fsp3) is 0.429. The van der Waals surface area contributed by atoms with Crippen LogP contribution in [0.5, 0.6) is 0 Å². The number of ether oxygens (including phenoxy) is 1. The fourth-order valence-electron chi connectivity index (χ4n) is 3.23. The van der Waals surface area contributed by atoms with Gasteiger partial charge in [-0.05, 0) is 36.0 Å². The number of hydrogen-bond acceptors (Lipinski definition) is 1. The van der Waals surface area contributed by atoms with Crippen molar-refractivity contribution < 1.29 is 4.74 Å². The van der Waals surface area contributed by atoms with Crippen molar-refractivity contribution in [1.29, 1.82) is 0 Å². The zero-order valence-electron chi connectivity index (χ0n) is 8.65. The molecular formula is C14H14O. The SMILES string of the molecule is C1=C[C@@]2(C3CCC3)O[C@@H]1c1ccccc12. The number of benzene rings is 1. The summed E-state index contributed by atoms with van der Waals surface area (Å²) in [7, 11) is 0. The topological polar surface area (TPSA) is 9.23 Å². The second-order valence-electron chi connectivity index (χ2n) is 4.91. The summed E-state index contributed by atoms with van der Waals surface area (Å²) in [5.41, 5.74) is 2.79. The Bertz CT molecular complexity index is 444. The van der Waals surface area contributed by atoms with Crippen LogP contribution in [0.4, 0.5) is 0 Å². The van der Waals surface area contributed by atoms with Gasteiger partial charge >= 0.3 is 0 Å². The van der Waals surface area contributed by atoms with Crippen molar-refractivity contribution in [2.45, 2.75) is 31.0 Å². The Morgan fingerprint density at radius 3 is 2.87 bits per heavy atom. The first-order valence-corrected chi connectivity index (χ1v) is 5.87. The van der Waals surface area contributed by atoms with Gasteiger partial charge in [-0.2, -0.15) is 0 Å². The molecule has 0 aromatic heterocycles. The van der Waals surface area contributed by atoms with E-state index < -0.39 is 0 Å². The van der Waals surface area contributed by atoms with Gasteiger partial charge in [-0.3, -0.25) is 0 Å². The lowest BCUT2D eigenvalue weighted by Gasteiger charge is -2.39. The van der Waals surface area contributed by atoms with Crippen molar-refractivity contribution in [3.8, 4) is 0 Å². The highest BCUT2D eigenvalue weighted by molar-refractivity contribution is 5.48. The molecular weight excluding hydrogens is 184 g/mol. The maximum atomic E-state index is 6.22. The first kappa shape index (κ1) is 8.12. The smallest absolute Gasteiger partial charge is 0.116 e. The summed E-state index contributed by atoms with van der Waals surface area (Å²) in [5, 5.41) is 0. The van der Waals surface area contributed by atoms with Crippen molar-refractivity contribution >= 4 is 0 Å². The summed E-state index contributed by atoms with van der Waals surface area (Å²) < 4.78 is 6.22. The van der Waals surface area contributed by atoms with E-state index in [0.717, 1.165) is 5.92 Å². The molecule has 4 rings (SSSR count). The van der Waals surface area contributed by atoms with Crippen LogP contribution < -0.4 is 0 Å². The quantitative estimate of drug-likeness (QED) is 0.629. The molecule has 76 valence electrons. The van der Waals surface area contributed by atoms with Gasteiger partial charge in [0.15, 0.2) is 0 Å². The largest absolute Gasteiger partial charge is 0.354 e. The van der Waals surface area contributed by atoms with Crippen LogP contribution in [0.15, 0.2) is 36.4 Å². The minimum Gasteiger partial charge on any atom is -0.354 e. The fourth-order valence-corrected chi connectivity index (χ4v) is 3.23. The minimum atomic E-state index is -0.0422.